The molecule has 0 atom stereocenters. The highest BCUT2D eigenvalue weighted by atomic mass is 32.1. The van der Waals surface area contributed by atoms with Gasteiger partial charge in [-0.3, -0.25) is 0 Å². The minimum atomic E-state index is 1.10. The van der Waals surface area contributed by atoms with Gasteiger partial charge in [0.2, 0.25) is 0 Å². The van der Waals surface area contributed by atoms with Gasteiger partial charge in [-0.25, -0.2) is 0 Å². The fourth-order valence-corrected chi connectivity index (χ4v) is 11.5. The molecule has 0 saturated heterocycles. The van der Waals surface area contributed by atoms with Gasteiger partial charge in [-0.2, -0.15) is 0 Å². The van der Waals surface area contributed by atoms with Crippen molar-refractivity contribution in [2.24, 2.45) is 0 Å². The first-order chi connectivity index (χ1) is 34.2. The highest BCUT2D eigenvalue weighted by Crippen LogP contribution is 2.43. The van der Waals surface area contributed by atoms with Gasteiger partial charge in [0.15, 0.2) is 0 Å². The number of aromatic nitrogens is 1. The Kier molecular flexibility index (Phi) is 10.1. The third kappa shape index (κ3) is 7.28. The van der Waals surface area contributed by atoms with Gasteiger partial charge in [-0.15, -0.1) is 11.3 Å². The molecule has 0 saturated carbocycles. The third-order valence-corrected chi connectivity index (χ3v) is 14.9. The van der Waals surface area contributed by atoms with E-state index in [1.165, 1.54) is 97.6 Å². The predicted octanol–water partition coefficient (Wildman–Crippen LogP) is 19.0. The van der Waals surface area contributed by atoms with Crippen molar-refractivity contribution in [1.82, 2.24) is 4.57 Å². The van der Waals surface area contributed by atoms with Crippen LogP contribution in [0.3, 0.4) is 0 Å². The molecule has 0 bridgehead atoms. The van der Waals surface area contributed by atoms with Crippen LogP contribution in [0.5, 0.6) is 0 Å². The highest BCUT2D eigenvalue weighted by Gasteiger charge is 2.18. The zero-order valence-electron chi connectivity index (χ0n) is 37.7. The molecular formula is C66H44N2S. The van der Waals surface area contributed by atoms with Gasteiger partial charge in [0.05, 0.1) is 16.7 Å². The fraction of sp³-hybridized carbons (Fsp3) is 0. The molecule has 0 N–H and O–H groups in total. The molecule has 0 spiro atoms. The first kappa shape index (κ1) is 40.5. The molecule has 324 valence electrons. The zero-order chi connectivity index (χ0) is 45.7. The molecule has 13 rings (SSSR count). The van der Waals surface area contributed by atoms with Crippen LogP contribution in [0.2, 0.25) is 0 Å². The van der Waals surface area contributed by atoms with Crippen LogP contribution >= 0.6 is 11.3 Å². The van der Waals surface area contributed by atoms with Gasteiger partial charge >= 0.3 is 0 Å². The van der Waals surface area contributed by atoms with Crippen LogP contribution in [0.25, 0.3) is 103 Å². The van der Waals surface area contributed by atoms with Crippen LogP contribution in [0.1, 0.15) is 0 Å². The average Bonchev–Trinajstić information content (AvgIpc) is 3.98. The SMILES string of the molecule is c1ccc(-c2ccc(N(c3ccc(-c4ccc(-c5ccccc5-n5c6ccccc6c6ccc(-c7ccccc7)cc65)cc4)cc3)c3ccc(-c4cccc5c4sc4ccccc45)cc3)cc2)cc1. The van der Waals surface area contributed by atoms with Gasteiger partial charge in [-0.05, 0) is 111 Å². The highest BCUT2D eigenvalue weighted by molar-refractivity contribution is 7.26. The Labute approximate surface area is 405 Å². The molecule has 69 heavy (non-hydrogen) atoms. The number of fused-ring (bicyclic) bond motifs is 6. The van der Waals surface area contributed by atoms with E-state index in [-0.39, 0.29) is 0 Å². The summed E-state index contributed by atoms with van der Waals surface area (Å²) in [6.45, 7) is 0. The minimum absolute atomic E-state index is 1.10. The van der Waals surface area contributed by atoms with E-state index in [2.05, 4.69) is 276 Å². The first-order valence-electron chi connectivity index (χ1n) is 23.6. The van der Waals surface area contributed by atoms with Gasteiger partial charge in [0.1, 0.15) is 0 Å². The second-order valence-corrected chi connectivity index (χ2v) is 18.7. The third-order valence-electron chi connectivity index (χ3n) is 13.7. The predicted molar refractivity (Wildman–Crippen MR) is 296 cm³/mol. The Bertz CT molecular complexity index is 3960. The fourth-order valence-electron chi connectivity index (χ4n) is 10.2. The van der Waals surface area contributed by atoms with Crippen molar-refractivity contribution in [1.29, 1.82) is 0 Å². The maximum absolute atomic E-state index is 2.44. The summed E-state index contributed by atoms with van der Waals surface area (Å²) in [5.74, 6) is 0. The summed E-state index contributed by atoms with van der Waals surface area (Å²) in [5.41, 5.74) is 18.9. The first-order valence-corrected chi connectivity index (χ1v) is 24.4. The molecule has 13 aromatic rings. The molecule has 2 aromatic heterocycles. The Morgan fingerprint density at radius 2 is 0.710 bits per heavy atom. The lowest BCUT2D eigenvalue weighted by Crippen LogP contribution is -2.09. The summed E-state index contributed by atoms with van der Waals surface area (Å²) in [5, 5.41) is 5.13. The summed E-state index contributed by atoms with van der Waals surface area (Å²) in [6.07, 6.45) is 0. The second kappa shape index (κ2) is 17.2. The molecule has 2 nitrogen and oxygen atoms in total. The van der Waals surface area contributed by atoms with Gasteiger partial charge in [-0.1, -0.05) is 206 Å². The molecule has 0 aliphatic carbocycles. The average molecular weight is 897 g/mol. The van der Waals surface area contributed by atoms with E-state index >= 15 is 0 Å². The van der Waals surface area contributed by atoms with E-state index in [4.69, 9.17) is 0 Å². The summed E-state index contributed by atoms with van der Waals surface area (Å²) in [7, 11) is 0. The lowest BCUT2D eigenvalue weighted by molar-refractivity contribution is 1.18. The standard InChI is InChI=1S/C66H44N2S/c1-3-14-45(15-4-1)48-30-37-53(38-31-48)67(55-41-34-51(35-42-55)57-21-13-22-61-60-20-9-12-25-65(60)69-66(57)61)54-39-32-49(33-40-54)47-26-28-50(29-27-47)56-18-7-10-23-62(56)68-63-24-11-8-19-58(63)59-43-36-52(44-64(59)68)46-16-5-2-6-17-46/h1-44H. The van der Waals surface area contributed by atoms with Crippen LogP contribution < -0.4 is 4.90 Å². The molecule has 0 radical (unpaired) electrons. The summed E-state index contributed by atoms with van der Waals surface area (Å²) in [6, 6.07) is 97.2. The van der Waals surface area contributed by atoms with Crippen LogP contribution in [-0.4, -0.2) is 4.57 Å². The molecule has 2 heterocycles. The molecule has 0 aliphatic heterocycles. The lowest BCUT2D eigenvalue weighted by Gasteiger charge is -2.26. The molecule has 11 aromatic carbocycles. The van der Waals surface area contributed by atoms with Crippen molar-refractivity contribution in [3.05, 3.63) is 267 Å². The quantitative estimate of drug-likeness (QED) is 0.140. The van der Waals surface area contributed by atoms with E-state index in [9.17, 15) is 0 Å². The summed E-state index contributed by atoms with van der Waals surface area (Å²) >= 11 is 1.87. The van der Waals surface area contributed by atoms with Crippen molar-refractivity contribution >= 4 is 70.4 Å². The number of nitrogens with zero attached hydrogens (tertiary/aromatic N) is 2. The van der Waals surface area contributed by atoms with E-state index in [0.717, 1.165) is 22.7 Å². The normalized spacial score (nSPS) is 11.5. The minimum Gasteiger partial charge on any atom is -0.311 e. The number of para-hydroxylation sites is 2. The van der Waals surface area contributed by atoms with Gasteiger partial charge < -0.3 is 9.47 Å². The monoisotopic (exact) mass is 896 g/mol. The molecule has 0 unspecified atom stereocenters. The topological polar surface area (TPSA) is 8.17 Å². The van der Waals surface area contributed by atoms with Crippen LogP contribution in [0.15, 0.2) is 267 Å². The van der Waals surface area contributed by atoms with Gasteiger partial charge in [0.25, 0.3) is 0 Å². The Morgan fingerprint density at radius 1 is 0.275 bits per heavy atom. The van der Waals surface area contributed by atoms with Crippen molar-refractivity contribution in [3.8, 4) is 61.3 Å². The molecule has 0 amide bonds. The second-order valence-electron chi connectivity index (χ2n) is 17.7. The lowest BCUT2D eigenvalue weighted by atomic mass is 9.98. The van der Waals surface area contributed by atoms with Crippen LogP contribution in [0.4, 0.5) is 17.1 Å². The van der Waals surface area contributed by atoms with E-state index in [0.29, 0.717) is 0 Å². The zero-order valence-corrected chi connectivity index (χ0v) is 38.5. The number of anilines is 3. The molecule has 0 aliphatic rings. The smallest absolute Gasteiger partial charge is 0.0547 e. The number of thiophene rings is 1. The number of rotatable bonds is 9. The summed E-state index contributed by atoms with van der Waals surface area (Å²) < 4.78 is 5.09. The Hall–Kier alpha value is -8.76. The van der Waals surface area contributed by atoms with Gasteiger partial charge in [0, 0.05) is 53.6 Å². The molecule has 0 fully saturated rings. The number of hydrogen-bond donors (Lipinski definition) is 0. The van der Waals surface area contributed by atoms with E-state index in [1.54, 1.807) is 0 Å². The molecular weight excluding hydrogens is 853 g/mol. The number of benzene rings is 11. The maximum atomic E-state index is 2.44. The van der Waals surface area contributed by atoms with Crippen molar-refractivity contribution in [2.45, 2.75) is 0 Å². The maximum Gasteiger partial charge on any atom is 0.0547 e. The molecule has 3 heteroatoms. The van der Waals surface area contributed by atoms with E-state index in [1.807, 2.05) is 11.3 Å². The Morgan fingerprint density at radius 3 is 1.38 bits per heavy atom. The number of hydrogen-bond acceptors (Lipinski definition) is 2. The van der Waals surface area contributed by atoms with Crippen molar-refractivity contribution < 1.29 is 0 Å². The van der Waals surface area contributed by atoms with Crippen molar-refractivity contribution in [2.75, 3.05) is 4.90 Å². The van der Waals surface area contributed by atoms with Crippen molar-refractivity contribution in [3.63, 3.8) is 0 Å². The van der Waals surface area contributed by atoms with Crippen LogP contribution in [0, 0.1) is 0 Å². The van der Waals surface area contributed by atoms with Crippen LogP contribution in [-0.2, 0) is 0 Å². The largest absolute Gasteiger partial charge is 0.311 e. The Balaban J connectivity index is 0.840. The summed E-state index contributed by atoms with van der Waals surface area (Å²) in [4.78, 5) is 2.36. The van der Waals surface area contributed by atoms with E-state index < -0.39 is 0 Å².